The summed E-state index contributed by atoms with van der Waals surface area (Å²) in [5, 5.41) is 28.8. The minimum absolute atomic E-state index is 0. The topological polar surface area (TPSA) is 82.2 Å². The van der Waals surface area contributed by atoms with Crippen LogP contribution in [0.2, 0.25) is 0 Å². The van der Waals surface area contributed by atoms with Crippen LogP contribution < -0.4 is 0 Å². The molecule has 0 amide bonds. The van der Waals surface area contributed by atoms with Crippen LogP contribution in [0, 0.1) is 0 Å². The minimum Gasteiger partial charge on any atom is -0.505 e. The Morgan fingerprint density at radius 2 is 1.57 bits per heavy atom. The molecule has 0 aliphatic heterocycles. The maximum atomic E-state index is 11.3. The third kappa shape index (κ3) is 3.59. The number of hydrogen-bond acceptors (Lipinski definition) is 4. The molecular weight excluding hydrogens is 303 g/mol. The quantitative estimate of drug-likeness (QED) is 0.559. The van der Waals surface area contributed by atoms with Crippen molar-refractivity contribution >= 4 is 57.7 Å². The first-order valence-electron chi connectivity index (χ1n) is 6.61. The van der Waals surface area contributed by atoms with Gasteiger partial charge in [-0.15, -0.1) is 5.11 Å². The van der Waals surface area contributed by atoms with Crippen molar-refractivity contribution in [3.8, 4) is 5.75 Å². The first-order valence-corrected chi connectivity index (χ1v) is 6.61. The smallest absolute Gasteiger partial charge is 0.339 e. The fourth-order valence-corrected chi connectivity index (χ4v) is 2.18. The first-order chi connectivity index (χ1) is 10.7. The molecule has 109 valence electrons. The molecule has 23 heavy (non-hydrogen) atoms. The summed E-state index contributed by atoms with van der Waals surface area (Å²) in [5.41, 5.74) is 0.576. The van der Waals surface area contributed by atoms with Crippen molar-refractivity contribution in [1.82, 2.24) is 0 Å². The SMILES string of the molecule is O=C(O)c1cc2ccccc2c(N=Nc2ccccc2)c1O.[Na]. The summed E-state index contributed by atoms with van der Waals surface area (Å²) in [6, 6.07) is 17.6. The number of rotatable bonds is 3. The van der Waals surface area contributed by atoms with E-state index in [-0.39, 0.29) is 46.6 Å². The Hall–Kier alpha value is -2.21. The van der Waals surface area contributed by atoms with Crippen molar-refractivity contribution in [2.75, 3.05) is 0 Å². The zero-order valence-electron chi connectivity index (χ0n) is 12.5. The Kier molecular flexibility index (Phi) is 5.50. The molecule has 0 heterocycles. The van der Waals surface area contributed by atoms with Crippen LogP contribution in [0.1, 0.15) is 10.4 Å². The predicted octanol–water partition coefficient (Wildman–Crippen LogP) is 4.28. The Bertz CT molecular complexity index is 880. The molecule has 3 aromatic carbocycles. The van der Waals surface area contributed by atoms with Crippen LogP contribution in [0.15, 0.2) is 70.9 Å². The van der Waals surface area contributed by atoms with E-state index in [1.54, 1.807) is 36.4 Å². The zero-order valence-corrected chi connectivity index (χ0v) is 14.5. The molecule has 0 fully saturated rings. The van der Waals surface area contributed by atoms with Crippen LogP contribution in [0.5, 0.6) is 5.75 Å². The molecule has 1 radical (unpaired) electrons. The molecule has 0 aromatic heterocycles. The maximum Gasteiger partial charge on any atom is 0.339 e. The molecule has 0 saturated heterocycles. The largest absolute Gasteiger partial charge is 0.505 e. The average Bonchev–Trinajstić information content (AvgIpc) is 2.54. The van der Waals surface area contributed by atoms with Gasteiger partial charge in [0.05, 0.1) is 5.69 Å². The summed E-state index contributed by atoms with van der Waals surface area (Å²) in [7, 11) is 0. The van der Waals surface area contributed by atoms with E-state index in [1.165, 1.54) is 6.07 Å². The fraction of sp³-hybridized carbons (Fsp3) is 0. The van der Waals surface area contributed by atoms with E-state index in [1.807, 2.05) is 18.2 Å². The van der Waals surface area contributed by atoms with Crippen molar-refractivity contribution in [3.63, 3.8) is 0 Å². The summed E-state index contributed by atoms with van der Waals surface area (Å²) in [5.74, 6) is -1.59. The standard InChI is InChI=1S/C17H12N2O3.Na/c20-16-14(17(21)22)10-11-6-4-5-9-13(11)15(16)19-18-12-7-2-1-3-8-12;/h1-10,20H,(H,21,22);. The molecule has 0 bridgehead atoms. The van der Waals surface area contributed by atoms with Crippen LogP contribution >= 0.6 is 0 Å². The van der Waals surface area contributed by atoms with Crippen molar-refractivity contribution in [2.24, 2.45) is 10.2 Å². The number of carboxylic acid groups (broad SMARTS) is 1. The molecule has 0 atom stereocenters. The summed E-state index contributed by atoms with van der Waals surface area (Å²) in [6.45, 7) is 0. The number of hydrogen-bond donors (Lipinski definition) is 2. The third-order valence-corrected chi connectivity index (χ3v) is 3.25. The van der Waals surface area contributed by atoms with E-state index in [9.17, 15) is 15.0 Å². The number of azo groups is 1. The van der Waals surface area contributed by atoms with Crippen molar-refractivity contribution in [1.29, 1.82) is 0 Å². The minimum atomic E-state index is -1.21. The van der Waals surface area contributed by atoms with E-state index >= 15 is 0 Å². The number of carboxylic acids is 1. The molecule has 3 aromatic rings. The first kappa shape index (κ1) is 17.1. The van der Waals surface area contributed by atoms with E-state index in [0.717, 1.165) is 0 Å². The van der Waals surface area contributed by atoms with Gasteiger partial charge in [0.15, 0.2) is 5.75 Å². The van der Waals surface area contributed by atoms with Gasteiger partial charge in [-0.25, -0.2) is 4.79 Å². The number of phenols is 1. The molecule has 0 aliphatic carbocycles. The van der Waals surface area contributed by atoms with Crippen LogP contribution in [-0.4, -0.2) is 45.7 Å². The Morgan fingerprint density at radius 3 is 2.26 bits per heavy atom. The number of nitrogens with zero attached hydrogens (tertiary/aromatic N) is 2. The molecule has 0 unspecified atom stereocenters. The van der Waals surface area contributed by atoms with Gasteiger partial charge in [-0.2, -0.15) is 5.11 Å². The Balaban J connectivity index is 0.00000192. The molecule has 5 nitrogen and oxygen atoms in total. The summed E-state index contributed by atoms with van der Waals surface area (Å²) >= 11 is 0. The second-order valence-corrected chi connectivity index (χ2v) is 4.68. The van der Waals surface area contributed by atoms with Crippen molar-refractivity contribution < 1.29 is 15.0 Å². The van der Waals surface area contributed by atoms with Gasteiger partial charge in [-0.05, 0) is 23.6 Å². The Morgan fingerprint density at radius 1 is 0.913 bits per heavy atom. The molecule has 6 heteroatoms. The van der Waals surface area contributed by atoms with Gasteiger partial charge in [0.25, 0.3) is 0 Å². The van der Waals surface area contributed by atoms with Crippen molar-refractivity contribution in [2.45, 2.75) is 0 Å². The molecule has 2 N–H and O–H groups in total. The molecule has 0 aliphatic rings. The number of aromatic hydroxyl groups is 1. The zero-order chi connectivity index (χ0) is 15.5. The van der Waals surface area contributed by atoms with Gasteiger partial charge < -0.3 is 10.2 Å². The predicted molar refractivity (Wildman–Crippen MR) is 88.9 cm³/mol. The second kappa shape index (κ2) is 7.37. The van der Waals surface area contributed by atoms with Crippen LogP contribution in [0.25, 0.3) is 10.8 Å². The summed E-state index contributed by atoms with van der Waals surface area (Å²) in [4.78, 5) is 11.3. The second-order valence-electron chi connectivity index (χ2n) is 4.68. The number of benzene rings is 3. The van der Waals surface area contributed by atoms with Crippen LogP contribution in [0.3, 0.4) is 0 Å². The van der Waals surface area contributed by atoms with Gasteiger partial charge >= 0.3 is 5.97 Å². The molecule has 0 spiro atoms. The van der Waals surface area contributed by atoms with Crippen LogP contribution in [-0.2, 0) is 0 Å². The van der Waals surface area contributed by atoms with Gasteiger partial charge in [-0.3, -0.25) is 0 Å². The van der Waals surface area contributed by atoms with Gasteiger partial charge in [0, 0.05) is 34.9 Å². The van der Waals surface area contributed by atoms with Gasteiger partial charge in [0.1, 0.15) is 11.3 Å². The fourth-order valence-electron chi connectivity index (χ4n) is 2.18. The number of fused-ring (bicyclic) bond motifs is 1. The van der Waals surface area contributed by atoms with E-state index in [0.29, 0.717) is 16.5 Å². The molecule has 0 saturated carbocycles. The number of aromatic carboxylic acids is 1. The van der Waals surface area contributed by atoms with Gasteiger partial charge in [-0.1, -0.05) is 42.5 Å². The van der Waals surface area contributed by atoms with Crippen molar-refractivity contribution in [3.05, 3.63) is 66.2 Å². The molecular formula is C17H12N2NaO3. The number of carbonyl (C=O) groups is 1. The van der Waals surface area contributed by atoms with E-state index < -0.39 is 5.97 Å². The Labute approximate surface area is 154 Å². The summed E-state index contributed by atoms with van der Waals surface area (Å²) in [6.07, 6.45) is 0. The maximum absolute atomic E-state index is 11.3. The normalized spacial score (nSPS) is 10.6. The van der Waals surface area contributed by atoms with Gasteiger partial charge in [0.2, 0.25) is 0 Å². The average molecular weight is 315 g/mol. The van der Waals surface area contributed by atoms with E-state index in [4.69, 9.17) is 0 Å². The monoisotopic (exact) mass is 315 g/mol. The van der Waals surface area contributed by atoms with E-state index in [2.05, 4.69) is 10.2 Å². The molecule has 3 rings (SSSR count). The third-order valence-electron chi connectivity index (χ3n) is 3.25. The van der Waals surface area contributed by atoms with Crippen LogP contribution in [0.4, 0.5) is 11.4 Å². The summed E-state index contributed by atoms with van der Waals surface area (Å²) < 4.78 is 0.